The molecule has 1 aromatic carbocycles. The predicted molar refractivity (Wildman–Crippen MR) is 76.9 cm³/mol. The Hall–Kier alpha value is -2.07. The summed E-state index contributed by atoms with van der Waals surface area (Å²) in [5, 5.41) is 0. The van der Waals surface area contributed by atoms with Crippen LogP contribution in [0.2, 0.25) is 0 Å². The number of rotatable bonds is 2. The monoisotopic (exact) mass is 270 g/mol. The summed E-state index contributed by atoms with van der Waals surface area (Å²) in [6, 6.07) is 7.70. The first-order valence-corrected chi connectivity index (χ1v) is 6.69. The van der Waals surface area contributed by atoms with Gasteiger partial charge in [-0.3, -0.25) is 4.98 Å². The minimum absolute atomic E-state index is 0.0420. The second-order valence-corrected chi connectivity index (χ2v) is 5.08. The summed E-state index contributed by atoms with van der Waals surface area (Å²) in [6.45, 7) is 2.06. The van der Waals surface area contributed by atoms with E-state index in [0.717, 1.165) is 29.0 Å². The fourth-order valence-electron chi connectivity index (χ4n) is 2.61. The number of fused-ring (bicyclic) bond motifs is 1. The van der Waals surface area contributed by atoms with Crippen LogP contribution in [-0.4, -0.2) is 12.1 Å². The number of aromatic nitrogens is 1. The lowest BCUT2D eigenvalue weighted by Crippen LogP contribution is -2.24. The molecular formula is C16H18N2O2. The molecule has 1 aliphatic heterocycles. The molecule has 3 rings (SSSR count). The Balaban J connectivity index is 1.95. The van der Waals surface area contributed by atoms with Gasteiger partial charge in [0.05, 0.1) is 7.11 Å². The highest BCUT2D eigenvalue weighted by Gasteiger charge is 2.28. The van der Waals surface area contributed by atoms with Crippen LogP contribution in [0, 0.1) is 6.92 Å². The molecule has 2 heterocycles. The van der Waals surface area contributed by atoms with Gasteiger partial charge in [-0.15, -0.1) is 0 Å². The lowest BCUT2D eigenvalue weighted by atomic mass is 9.92. The van der Waals surface area contributed by atoms with Gasteiger partial charge < -0.3 is 15.2 Å². The summed E-state index contributed by atoms with van der Waals surface area (Å²) in [7, 11) is 1.65. The minimum Gasteiger partial charge on any atom is -0.497 e. The van der Waals surface area contributed by atoms with Crippen LogP contribution in [0.1, 0.15) is 35.3 Å². The molecule has 20 heavy (non-hydrogen) atoms. The molecule has 2 aromatic rings. The molecule has 104 valence electrons. The summed E-state index contributed by atoms with van der Waals surface area (Å²) in [5.41, 5.74) is 9.57. The average molecular weight is 270 g/mol. The standard InChI is InChI=1S/C16H18N2O2/c1-10-5-6-18-9-13(10)16-8-14(17)12-7-11(19-2)3-4-15(12)20-16/h3-7,9,14,16H,8,17H2,1-2H3/t14-,16?/m0/s1. The molecular weight excluding hydrogens is 252 g/mol. The van der Waals surface area contributed by atoms with Crippen LogP contribution in [-0.2, 0) is 0 Å². The zero-order valence-electron chi connectivity index (χ0n) is 11.7. The van der Waals surface area contributed by atoms with Crippen LogP contribution in [0.25, 0.3) is 0 Å². The summed E-state index contributed by atoms with van der Waals surface area (Å²) in [4.78, 5) is 4.19. The van der Waals surface area contributed by atoms with E-state index in [9.17, 15) is 0 Å². The lowest BCUT2D eigenvalue weighted by Gasteiger charge is -2.31. The first kappa shape index (κ1) is 12.9. The van der Waals surface area contributed by atoms with Crippen LogP contribution in [0.5, 0.6) is 11.5 Å². The minimum atomic E-state index is -0.0570. The van der Waals surface area contributed by atoms with Gasteiger partial charge >= 0.3 is 0 Å². The Bertz CT molecular complexity index is 628. The molecule has 1 aromatic heterocycles. The molecule has 0 bridgehead atoms. The third-order valence-corrected chi connectivity index (χ3v) is 3.78. The van der Waals surface area contributed by atoms with Gasteiger partial charge in [0, 0.05) is 36.0 Å². The molecule has 4 heteroatoms. The van der Waals surface area contributed by atoms with E-state index in [-0.39, 0.29) is 12.1 Å². The second kappa shape index (κ2) is 5.13. The third-order valence-electron chi connectivity index (χ3n) is 3.78. The maximum Gasteiger partial charge on any atom is 0.127 e. The van der Waals surface area contributed by atoms with Gasteiger partial charge in [0.15, 0.2) is 0 Å². The van der Waals surface area contributed by atoms with E-state index in [2.05, 4.69) is 11.9 Å². The van der Waals surface area contributed by atoms with Crippen molar-refractivity contribution in [1.29, 1.82) is 0 Å². The van der Waals surface area contributed by atoms with Gasteiger partial charge in [-0.05, 0) is 36.8 Å². The van der Waals surface area contributed by atoms with E-state index in [1.54, 1.807) is 13.3 Å². The van der Waals surface area contributed by atoms with Gasteiger partial charge in [0.2, 0.25) is 0 Å². The van der Waals surface area contributed by atoms with E-state index < -0.39 is 0 Å². The molecule has 1 aliphatic rings. The van der Waals surface area contributed by atoms with Crippen molar-refractivity contribution in [3.8, 4) is 11.5 Å². The molecule has 0 amide bonds. The molecule has 0 saturated carbocycles. The van der Waals surface area contributed by atoms with Crippen molar-refractivity contribution in [2.75, 3.05) is 7.11 Å². The molecule has 2 N–H and O–H groups in total. The molecule has 2 atom stereocenters. The van der Waals surface area contributed by atoms with Crippen LogP contribution in [0.15, 0.2) is 36.7 Å². The number of nitrogens with zero attached hydrogens (tertiary/aromatic N) is 1. The molecule has 1 unspecified atom stereocenters. The van der Waals surface area contributed by atoms with E-state index in [0.29, 0.717) is 0 Å². The number of hydrogen-bond donors (Lipinski definition) is 1. The number of benzene rings is 1. The van der Waals surface area contributed by atoms with Crippen LogP contribution in [0.4, 0.5) is 0 Å². The summed E-state index contributed by atoms with van der Waals surface area (Å²) >= 11 is 0. The van der Waals surface area contributed by atoms with E-state index >= 15 is 0 Å². The van der Waals surface area contributed by atoms with E-state index in [1.807, 2.05) is 30.5 Å². The number of aryl methyl sites for hydroxylation is 1. The van der Waals surface area contributed by atoms with Gasteiger partial charge in [0.1, 0.15) is 17.6 Å². The molecule has 0 fully saturated rings. The number of hydrogen-bond acceptors (Lipinski definition) is 4. The van der Waals surface area contributed by atoms with E-state index in [1.165, 1.54) is 5.56 Å². The fourth-order valence-corrected chi connectivity index (χ4v) is 2.61. The summed E-state index contributed by atoms with van der Waals surface area (Å²) in [5.74, 6) is 1.64. The van der Waals surface area contributed by atoms with Crippen molar-refractivity contribution in [2.24, 2.45) is 5.73 Å². The third kappa shape index (κ3) is 2.23. The highest BCUT2D eigenvalue weighted by molar-refractivity contribution is 5.44. The lowest BCUT2D eigenvalue weighted by molar-refractivity contribution is 0.160. The SMILES string of the molecule is COc1ccc2c(c1)[C@@H](N)CC(c1cnccc1C)O2. The van der Waals surface area contributed by atoms with Crippen molar-refractivity contribution in [1.82, 2.24) is 4.98 Å². The maximum absolute atomic E-state index is 6.29. The van der Waals surface area contributed by atoms with Gasteiger partial charge in [-0.2, -0.15) is 0 Å². The molecule has 4 nitrogen and oxygen atoms in total. The number of pyridine rings is 1. The molecule has 0 radical (unpaired) electrons. The van der Waals surface area contributed by atoms with Crippen molar-refractivity contribution >= 4 is 0 Å². The van der Waals surface area contributed by atoms with Crippen molar-refractivity contribution in [2.45, 2.75) is 25.5 Å². The Kier molecular flexibility index (Phi) is 3.32. The first-order chi connectivity index (χ1) is 9.69. The van der Waals surface area contributed by atoms with Crippen molar-refractivity contribution in [3.63, 3.8) is 0 Å². The van der Waals surface area contributed by atoms with Crippen LogP contribution in [0.3, 0.4) is 0 Å². The molecule has 0 aliphatic carbocycles. The first-order valence-electron chi connectivity index (χ1n) is 6.69. The normalized spacial score (nSPS) is 20.9. The number of methoxy groups -OCH3 is 1. The number of ether oxygens (including phenoxy) is 2. The average Bonchev–Trinajstić information content (AvgIpc) is 2.47. The predicted octanol–water partition coefficient (Wildman–Crippen LogP) is 2.92. The topological polar surface area (TPSA) is 57.4 Å². The van der Waals surface area contributed by atoms with Crippen LogP contribution >= 0.6 is 0 Å². The fraction of sp³-hybridized carbons (Fsp3) is 0.312. The van der Waals surface area contributed by atoms with Gasteiger partial charge in [-0.1, -0.05) is 0 Å². The van der Waals surface area contributed by atoms with Gasteiger partial charge in [-0.25, -0.2) is 0 Å². The Labute approximate surface area is 118 Å². The Morgan fingerprint density at radius 3 is 2.90 bits per heavy atom. The smallest absolute Gasteiger partial charge is 0.127 e. The zero-order valence-corrected chi connectivity index (χ0v) is 11.7. The molecule has 0 saturated heterocycles. The van der Waals surface area contributed by atoms with E-state index in [4.69, 9.17) is 15.2 Å². The maximum atomic E-state index is 6.29. The highest BCUT2D eigenvalue weighted by atomic mass is 16.5. The van der Waals surface area contributed by atoms with Crippen molar-refractivity contribution in [3.05, 3.63) is 53.3 Å². The Morgan fingerprint density at radius 2 is 2.15 bits per heavy atom. The largest absolute Gasteiger partial charge is 0.497 e. The van der Waals surface area contributed by atoms with Crippen LogP contribution < -0.4 is 15.2 Å². The Morgan fingerprint density at radius 1 is 1.30 bits per heavy atom. The zero-order chi connectivity index (χ0) is 14.1. The van der Waals surface area contributed by atoms with Gasteiger partial charge in [0.25, 0.3) is 0 Å². The quantitative estimate of drug-likeness (QED) is 0.911. The summed E-state index contributed by atoms with van der Waals surface area (Å²) in [6.07, 6.45) is 4.36. The number of nitrogens with two attached hydrogens (primary N) is 1. The van der Waals surface area contributed by atoms with Crippen molar-refractivity contribution < 1.29 is 9.47 Å². The highest BCUT2D eigenvalue weighted by Crippen LogP contribution is 2.41. The summed E-state index contributed by atoms with van der Waals surface area (Å²) < 4.78 is 11.3. The second-order valence-electron chi connectivity index (χ2n) is 5.08. The molecule has 0 spiro atoms.